The molecule has 39 heavy (non-hydrogen) atoms. The first-order valence-corrected chi connectivity index (χ1v) is 14.1. The molecule has 0 bridgehead atoms. The largest absolute Gasteiger partial charge is 0.615 e. The minimum absolute atomic E-state index is 0.000280. The fourth-order valence-electron chi connectivity index (χ4n) is 3.66. The van der Waals surface area contributed by atoms with Crippen molar-refractivity contribution in [3.05, 3.63) is 72.3 Å². The minimum atomic E-state index is -4.98. The number of carbonyl (C=O) groups excluding carboxylic acids is 2. The smallest absolute Gasteiger partial charge is 0.522 e. The van der Waals surface area contributed by atoms with Gasteiger partial charge in [-0.15, -0.1) is 0 Å². The molecular formula is C22H21BN4O10S2. The van der Waals surface area contributed by atoms with Gasteiger partial charge in [0, 0.05) is 18.5 Å². The molecule has 3 aromatic rings. The maximum atomic E-state index is 13.1. The van der Waals surface area contributed by atoms with Crippen molar-refractivity contribution in [2.75, 3.05) is 6.44 Å². The summed E-state index contributed by atoms with van der Waals surface area (Å²) in [7, 11) is -11.2. The summed E-state index contributed by atoms with van der Waals surface area (Å²) in [6, 6.07) is 9.54. The summed E-state index contributed by atoms with van der Waals surface area (Å²) in [6.45, 7) is 0. The highest BCUT2D eigenvalue weighted by molar-refractivity contribution is 7.86. The Hall–Kier alpha value is -4.06. The van der Waals surface area contributed by atoms with Gasteiger partial charge in [0.2, 0.25) is 5.91 Å². The highest BCUT2D eigenvalue weighted by Crippen LogP contribution is 2.41. The lowest BCUT2D eigenvalue weighted by Gasteiger charge is -2.18. The zero-order valence-corrected chi connectivity index (χ0v) is 21.6. The van der Waals surface area contributed by atoms with Crippen LogP contribution in [0.15, 0.2) is 70.8 Å². The van der Waals surface area contributed by atoms with Gasteiger partial charge in [-0.3, -0.25) is 23.7 Å². The monoisotopic (exact) mass is 576 g/mol. The van der Waals surface area contributed by atoms with Crippen molar-refractivity contribution in [2.24, 2.45) is 0 Å². The van der Waals surface area contributed by atoms with Gasteiger partial charge in [-0.05, 0) is 24.5 Å². The predicted octanol–water partition coefficient (Wildman–Crippen LogP) is 0.316. The first-order chi connectivity index (χ1) is 18.4. The zero-order chi connectivity index (χ0) is 28.2. The molecule has 2 amide bonds. The quantitative estimate of drug-likeness (QED) is 0.190. The van der Waals surface area contributed by atoms with E-state index in [0.29, 0.717) is 12.5 Å². The van der Waals surface area contributed by atoms with Crippen molar-refractivity contribution < 1.29 is 44.8 Å². The lowest BCUT2D eigenvalue weighted by molar-refractivity contribution is -0.122. The van der Waals surface area contributed by atoms with Crippen LogP contribution in [0.5, 0.6) is 11.5 Å². The molecule has 4 N–H and O–H groups in total. The van der Waals surface area contributed by atoms with E-state index in [1.165, 1.54) is 18.6 Å². The van der Waals surface area contributed by atoms with Gasteiger partial charge in [0.25, 0.3) is 26.1 Å². The zero-order valence-electron chi connectivity index (χ0n) is 19.9. The molecule has 0 saturated carbocycles. The van der Waals surface area contributed by atoms with Crippen LogP contribution in [0.3, 0.4) is 0 Å². The molecule has 0 aliphatic carbocycles. The molecule has 1 aliphatic heterocycles. The summed E-state index contributed by atoms with van der Waals surface area (Å²) in [5, 5.41) is 5.14. The van der Waals surface area contributed by atoms with Crippen LogP contribution < -0.4 is 19.9 Å². The molecule has 0 unspecified atom stereocenters. The van der Waals surface area contributed by atoms with E-state index < -0.39 is 66.5 Å². The second-order valence-electron chi connectivity index (χ2n) is 8.25. The number of aryl methyl sites for hydroxylation is 1. The molecule has 2 aromatic carbocycles. The Morgan fingerprint density at radius 3 is 2.38 bits per heavy atom. The average Bonchev–Trinajstić information content (AvgIpc) is 3.32. The number of rotatable bonds is 10. The van der Waals surface area contributed by atoms with Gasteiger partial charge in [0.15, 0.2) is 5.75 Å². The maximum Gasteiger partial charge on any atom is 0.615 e. The van der Waals surface area contributed by atoms with Crippen LogP contribution in [0.25, 0.3) is 0 Å². The van der Waals surface area contributed by atoms with E-state index in [-0.39, 0.29) is 18.6 Å². The number of nitrogens with one attached hydrogen (secondary N) is 2. The fourth-order valence-corrected chi connectivity index (χ4v) is 4.91. The summed E-state index contributed by atoms with van der Waals surface area (Å²) in [5.74, 6) is -2.15. The maximum absolute atomic E-state index is 13.1. The molecule has 0 spiro atoms. The molecule has 14 nitrogen and oxygen atoms in total. The number of fused-ring (bicyclic) bond motifs is 1. The highest BCUT2D eigenvalue weighted by Gasteiger charge is 2.38. The lowest BCUT2D eigenvalue weighted by Crippen LogP contribution is -2.50. The third-order valence-corrected chi connectivity index (χ3v) is 7.19. The van der Waals surface area contributed by atoms with E-state index in [9.17, 15) is 35.5 Å². The molecule has 2 heterocycles. The van der Waals surface area contributed by atoms with E-state index >= 15 is 0 Å². The first kappa shape index (κ1) is 28.0. The van der Waals surface area contributed by atoms with E-state index in [1.807, 2.05) is 30.3 Å². The van der Waals surface area contributed by atoms with E-state index in [1.54, 1.807) is 0 Å². The van der Waals surface area contributed by atoms with Gasteiger partial charge in [-0.2, -0.15) is 16.8 Å². The Balaban J connectivity index is 1.47. The molecule has 17 heteroatoms. The van der Waals surface area contributed by atoms with Gasteiger partial charge in [-0.25, -0.2) is 4.98 Å². The summed E-state index contributed by atoms with van der Waals surface area (Å²) in [4.78, 5) is 31.6. The third-order valence-electron chi connectivity index (χ3n) is 5.50. The number of aromatic nitrogens is 2. The van der Waals surface area contributed by atoms with Crippen molar-refractivity contribution >= 4 is 39.2 Å². The van der Waals surface area contributed by atoms with E-state index in [2.05, 4.69) is 20.6 Å². The number of nitrogens with zero attached hydrogens (tertiary/aromatic N) is 2. The first-order valence-electron chi connectivity index (χ1n) is 11.3. The number of carbonyl (C=O) groups is 2. The van der Waals surface area contributed by atoms with Gasteiger partial charge in [0.1, 0.15) is 22.4 Å². The second-order valence-corrected chi connectivity index (χ2v) is 11.1. The minimum Gasteiger partial charge on any atom is -0.522 e. The molecule has 204 valence electrons. The number of benzene rings is 2. The average molecular weight is 576 g/mol. The Morgan fingerprint density at radius 1 is 1.00 bits per heavy atom. The van der Waals surface area contributed by atoms with Gasteiger partial charge in [-0.1, -0.05) is 30.3 Å². The molecule has 0 saturated heterocycles. The van der Waals surface area contributed by atoms with Crippen molar-refractivity contribution in [1.82, 2.24) is 20.6 Å². The van der Waals surface area contributed by atoms with E-state index in [0.717, 1.165) is 11.6 Å². The Bertz CT molecular complexity index is 1590. The molecular weight excluding hydrogens is 555 g/mol. The van der Waals surface area contributed by atoms with E-state index in [4.69, 9.17) is 9.31 Å². The summed E-state index contributed by atoms with van der Waals surface area (Å²) in [6.07, 6.45) is 4.25. The van der Waals surface area contributed by atoms with Crippen LogP contribution in [0, 0.1) is 0 Å². The van der Waals surface area contributed by atoms with Gasteiger partial charge >= 0.3 is 7.12 Å². The highest BCUT2D eigenvalue weighted by atomic mass is 32.2. The lowest BCUT2D eigenvalue weighted by atomic mass is 9.90. The van der Waals surface area contributed by atoms with Crippen LogP contribution in [-0.4, -0.2) is 67.3 Å². The van der Waals surface area contributed by atoms with Crippen LogP contribution in [0.4, 0.5) is 0 Å². The molecule has 1 aromatic heterocycles. The third kappa shape index (κ3) is 7.08. The molecule has 1 aliphatic rings. The van der Waals surface area contributed by atoms with Crippen molar-refractivity contribution in [3.63, 3.8) is 0 Å². The van der Waals surface area contributed by atoms with Crippen molar-refractivity contribution in [1.29, 1.82) is 0 Å². The Kier molecular flexibility index (Phi) is 8.15. The number of amides is 2. The SMILES string of the molecule is O=C(N[C@@H](CCc1ccccc1)C(=O)NCB1Oc2cc(S(=O)(=O)O)cc(S(=O)(=O)O)c2O1)c1cnccn1. The van der Waals surface area contributed by atoms with Crippen LogP contribution >= 0.6 is 0 Å². The summed E-state index contributed by atoms with van der Waals surface area (Å²) >= 11 is 0. The van der Waals surface area contributed by atoms with Crippen LogP contribution in [0.2, 0.25) is 0 Å². The normalized spacial score (nSPS) is 13.5. The van der Waals surface area contributed by atoms with Gasteiger partial charge in [0.05, 0.1) is 17.5 Å². The number of hydrogen-bond donors (Lipinski definition) is 4. The fraction of sp³-hybridized carbons (Fsp3) is 0.182. The van der Waals surface area contributed by atoms with Crippen molar-refractivity contribution in [3.8, 4) is 11.5 Å². The van der Waals surface area contributed by atoms with Crippen LogP contribution in [0.1, 0.15) is 22.5 Å². The number of hydrogen-bond acceptors (Lipinski definition) is 10. The van der Waals surface area contributed by atoms with Gasteiger partial charge < -0.3 is 19.9 Å². The molecule has 1 atom stereocenters. The summed E-state index contributed by atoms with van der Waals surface area (Å²) < 4.78 is 76.1. The Labute approximate surface area is 223 Å². The Morgan fingerprint density at radius 2 is 1.74 bits per heavy atom. The van der Waals surface area contributed by atoms with Crippen LogP contribution in [-0.2, 0) is 31.5 Å². The second kappa shape index (κ2) is 11.4. The molecule has 0 fully saturated rings. The topological polar surface area (TPSA) is 211 Å². The molecule has 0 radical (unpaired) electrons. The van der Waals surface area contributed by atoms with Crippen molar-refractivity contribution in [2.45, 2.75) is 28.7 Å². The predicted molar refractivity (Wildman–Crippen MR) is 134 cm³/mol. The standard InChI is InChI=1S/C22H21BN4O10S2/c28-21(16(7-6-14-4-2-1-3-5-14)27-22(29)17-12-24-8-9-25-17)26-13-23-36-18-10-15(38(30,31)32)11-19(20(18)37-23)39(33,34)35/h1-5,8-12,16H,6-7,13H2,(H,26,28)(H,27,29)(H,30,31,32)(H,33,34,35)/t16-/m0/s1. The summed E-state index contributed by atoms with van der Waals surface area (Å²) in [5.41, 5.74) is 0.926. The molecule has 4 rings (SSSR count).